The lowest BCUT2D eigenvalue weighted by molar-refractivity contribution is 0.139. The molecular weight excluding hydrogens is 220 g/mol. The fourth-order valence-corrected chi connectivity index (χ4v) is 2.37. The first-order valence-corrected chi connectivity index (χ1v) is 7.05. The van der Waals surface area contributed by atoms with E-state index < -0.39 is 0 Å². The van der Waals surface area contributed by atoms with Gasteiger partial charge in [0.25, 0.3) is 0 Å². The van der Waals surface area contributed by atoms with E-state index >= 15 is 0 Å². The molecular formula is C16H24N2. The minimum absolute atomic E-state index is 1.15. The summed E-state index contributed by atoms with van der Waals surface area (Å²) in [6.07, 6.45) is 5.67. The molecule has 2 rings (SSSR count). The van der Waals surface area contributed by atoms with Gasteiger partial charge in [-0.05, 0) is 18.5 Å². The Morgan fingerprint density at radius 2 is 1.67 bits per heavy atom. The summed E-state index contributed by atoms with van der Waals surface area (Å²) < 4.78 is 0. The van der Waals surface area contributed by atoms with Gasteiger partial charge in [-0.2, -0.15) is 0 Å². The highest BCUT2D eigenvalue weighted by molar-refractivity contribution is 5.48. The van der Waals surface area contributed by atoms with Crippen LogP contribution in [0.2, 0.25) is 0 Å². The minimum atomic E-state index is 1.15. The van der Waals surface area contributed by atoms with E-state index in [1.54, 1.807) is 0 Å². The Balaban J connectivity index is 1.66. The predicted octanol–water partition coefficient (Wildman–Crippen LogP) is 2.73. The zero-order chi connectivity index (χ0) is 12.6. The number of rotatable bonds is 5. The first kappa shape index (κ1) is 13.3. The minimum Gasteiger partial charge on any atom is -0.301 e. The lowest BCUT2D eigenvalue weighted by Crippen LogP contribution is -2.46. The Bertz CT molecular complexity index is 351. The van der Waals surface area contributed by atoms with Gasteiger partial charge in [-0.1, -0.05) is 49.4 Å². The molecule has 2 nitrogen and oxygen atoms in total. The van der Waals surface area contributed by atoms with Crippen molar-refractivity contribution in [1.82, 2.24) is 9.80 Å². The normalized spacial score (nSPS) is 18.5. The van der Waals surface area contributed by atoms with E-state index in [-0.39, 0.29) is 0 Å². The molecule has 98 valence electrons. The van der Waals surface area contributed by atoms with Crippen LogP contribution in [-0.2, 0) is 0 Å². The van der Waals surface area contributed by atoms with Crippen molar-refractivity contribution in [3.05, 3.63) is 42.0 Å². The molecule has 1 aromatic rings. The smallest absolute Gasteiger partial charge is 0.0110 e. The van der Waals surface area contributed by atoms with Crippen LogP contribution in [0.1, 0.15) is 18.9 Å². The lowest BCUT2D eigenvalue weighted by Gasteiger charge is -2.33. The van der Waals surface area contributed by atoms with Crippen LogP contribution in [0.5, 0.6) is 0 Å². The van der Waals surface area contributed by atoms with Gasteiger partial charge in [-0.15, -0.1) is 0 Å². The molecule has 0 aliphatic carbocycles. The van der Waals surface area contributed by atoms with Crippen molar-refractivity contribution in [1.29, 1.82) is 0 Å². The van der Waals surface area contributed by atoms with Crippen LogP contribution in [0.25, 0.3) is 6.08 Å². The van der Waals surface area contributed by atoms with Gasteiger partial charge in [0.15, 0.2) is 0 Å². The summed E-state index contributed by atoms with van der Waals surface area (Å²) in [6.45, 7) is 9.57. The maximum Gasteiger partial charge on any atom is 0.0110 e. The third-order valence-corrected chi connectivity index (χ3v) is 3.63. The first-order chi connectivity index (χ1) is 8.88. The standard InChI is InChI=1S/C16H24N2/c1-2-17-12-14-18(15-13-17)11-7-6-10-16-8-4-3-5-9-16/h3-6,8-10H,2,7,11-15H2,1H3/b10-6-. The first-order valence-electron chi connectivity index (χ1n) is 7.05. The van der Waals surface area contributed by atoms with Crippen molar-refractivity contribution < 1.29 is 0 Å². The SMILES string of the molecule is CCN1CCN(CC/C=C\c2ccccc2)CC1. The highest BCUT2D eigenvalue weighted by Crippen LogP contribution is 2.05. The summed E-state index contributed by atoms with van der Waals surface area (Å²) in [5.41, 5.74) is 1.30. The fourth-order valence-electron chi connectivity index (χ4n) is 2.37. The van der Waals surface area contributed by atoms with Crippen LogP contribution in [0, 0.1) is 0 Å². The molecule has 18 heavy (non-hydrogen) atoms. The maximum atomic E-state index is 2.57. The molecule has 1 aliphatic rings. The second-order valence-electron chi connectivity index (χ2n) is 4.88. The van der Waals surface area contributed by atoms with Gasteiger partial charge >= 0.3 is 0 Å². The van der Waals surface area contributed by atoms with Crippen molar-refractivity contribution in [2.45, 2.75) is 13.3 Å². The summed E-state index contributed by atoms with van der Waals surface area (Å²) in [5.74, 6) is 0. The van der Waals surface area contributed by atoms with Crippen molar-refractivity contribution in [3.8, 4) is 0 Å². The average molecular weight is 244 g/mol. The fraction of sp³-hybridized carbons (Fsp3) is 0.500. The Morgan fingerprint density at radius 1 is 1.00 bits per heavy atom. The monoisotopic (exact) mass is 244 g/mol. The number of hydrogen-bond acceptors (Lipinski definition) is 2. The summed E-state index contributed by atoms with van der Waals surface area (Å²) in [4.78, 5) is 5.10. The van der Waals surface area contributed by atoms with Crippen molar-refractivity contribution in [2.75, 3.05) is 39.3 Å². The maximum absolute atomic E-state index is 2.57. The molecule has 2 heteroatoms. The van der Waals surface area contributed by atoms with E-state index in [1.165, 1.54) is 44.8 Å². The van der Waals surface area contributed by atoms with E-state index in [9.17, 15) is 0 Å². The van der Waals surface area contributed by atoms with Crippen LogP contribution in [-0.4, -0.2) is 49.1 Å². The summed E-state index contributed by atoms with van der Waals surface area (Å²) in [7, 11) is 0. The van der Waals surface area contributed by atoms with Crippen molar-refractivity contribution in [3.63, 3.8) is 0 Å². The van der Waals surface area contributed by atoms with Gasteiger partial charge in [0.2, 0.25) is 0 Å². The molecule has 0 atom stereocenters. The van der Waals surface area contributed by atoms with Crippen molar-refractivity contribution in [2.24, 2.45) is 0 Å². The molecule has 1 aromatic carbocycles. The molecule has 0 saturated carbocycles. The number of piperazine rings is 1. The van der Waals surface area contributed by atoms with Crippen LogP contribution >= 0.6 is 0 Å². The zero-order valence-electron chi connectivity index (χ0n) is 11.4. The molecule has 0 amide bonds. The number of hydrogen-bond donors (Lipinski definition) is 0. The van der Waals surface area contributed by atoms with Crippen LogP contribution < -0.4 is 0 Å². The van der Waals surface area contributed by atoms with Gasteiger partial charge in [0, 0.05) is 32.7 Å². The van der Waals surface area contributed by atoms with Gasteiger partial charge in [0.1, 0.15) is 0 Å². The second-order valence-corrected chi connectivity index (χ2v) is 4.88. The number of nitrogens with zero attached hydrogens (tertiary/aromatic N) is 2. The topological polar surface area (TPSA) is 6.48 Å². The molecule has 0 N–H and O–H groups in total. The molecule has 1 heterocycles. The highest BCUT2D eigenvalue weighted by atomic mass is 15.3. The molecule has 0 aromatic heterocycles. The van der Waals surface area contributed by atoms with Gasteiger partial charge in [-0.3, -0.25) is 0 Å². The summed E-state index contributed by atoms with van der Waals surface area (Å²) >= 11 is 0. The van der Waals surface area contributed by atoms with E-state index in [1.807, 2.05) is 0 Å². The second kappa shape index (κ2) is 7.34. The Hall–Kier alpha value is -1.12. The molecule has 1 fully saturated rings. The average Bonchev–Trinajstić information content (AvgIpc) is 2.45. The molecule has 0 spiro atoms. The third-order valence-electron chi connectivity index (χ3n) is 3.63. The Labute approximate surface area is 111 Å². The van der Waals surface area contributed by atoms with Crippen LogP contribution in [0.4, 0.5) is 0 Å². The van der Waals surface area contributed by atoms with Crippen LogP contribution in [0.3, 0.4) is 0 Å². The number of likely N-dealkylation sites (N-methyl/N-ethyl adjacent to an activating group) is 1. The van der Waals surface area contributed by atoms with E-state index in [0.29, 0.717) is 0 Å². The Morgan fingerprint density at radius 3 is 2.33 bits per heavy atom. The van der Waals surface area contributed by atoms with Gasteiger partial charge in [-0.25, -0.2) is 0 Å². The van der Waals surface area contributed by atoms with E-state index in [2.05, 4.69) is 59.2 Å². The third kappa shape index (κ3) is 4.28. The number of benzene rings is 1. The summed E-state index contributed by atoms with van der Waals surface area (Å²) in [5, 5.41) is 0. The quantitative estimate of drug-likeness (QED) is 0.786. The molecule has 0 radical (unpaired) electrons. The van der Waals surface area contributed by atoms with Crippen LogP contribution in [0.15, 0.2) is 36.4 Å². The van der Waals surface area contributed by atoms with Gasteiger partial charge < -0.3 is 9.80 Å². The largest absolute Gasteiger partial charge is 0.301 e. The molecule has 0 bridgehead atoms. The zero-order valence-corrected chi connectivity index (χ0v) is 11.4. The predicted molar refractivity (Wildman–Crippen MR) is 78.6 cm³/mol. The van der Waals surface area contributed by atoms with E-state index in [4.69, 9.17) is 0 Å². The molecule has 1 aliphatic heterocycles. The van der Waals surface area contributed by atoms with Crippen molar-refractivity contribution >= 4 is 6.08 Å². The Kier molecular flexibility index (Phi) is 5.43. The molecule has 0 unspecified atom stereocenters. The molecule has 1 saturated heterocycles. The lowest BCUT2D eigenvalue weighted by atomic mass is 10.2. The highest BCUT2D eigenvalue weighted by Gasteiger charge is 2.13. The van der Waals surface area contributed by atoms with E-state index in [0.717, 1.165) is 6.42 Å². The summed E-state index contributed by atoms with van der Waals surface area (Å²) in [6, 6.07) is 10.5. The van der Waals surface area contributed by atoms with Gasteiger partial charge in [0.05, 0.1) is 0 Å².